The van der Waals surface area contributed by atoms with Crippen molar-refractivity contribution in [2.24, 2.45) is 7.05 Å². The summed E-state index contributed by atoms with van der Waals surface area (Å²) in [6.45, 7) is 1.77. The van der Waals surface area contributed by atoms with Gasteiger partial charge in [-0.1, -0.05) is 29.3 Å². The number of halogens is 2. The highest BCUT2D eigenvalue weighted by Gasteiger charge is 2.22. The van der Waals surface area contributed by atoms with E-state index in [0.29, 0.717) is 15.6 Å². The van der Waals surface area contributed by atoms with Gasteiger partial charge in [0.15, 0.2) is 5.69 Å². The molecule has 0 saturated carbocycles. The molecular weight excluding hydrogens is 329 g/mol. The molecule has 1 unspecified atom stereocenters. The third-order valence-electron chi connectivity index (χ3n) is 3.29. The number of benzene rings is 1. The first-order valence-corrected chi connectivity index (χ1v) is 7.12. The van der Waals surface area contributed by atoms with E-state index in [1.54, 1.807) is 25.1 Å². The van der Waals surface area contributed by atoms with Crippen molar-refractivity contribution in [2.45, 2.75) is 13.0 Å². The van der Waals surface area contributed by atoms with Gasteiger partial charge in [0.1, 0.15) is 0 Å². The van der Waals surface area contributed by atoms with Crippen LogP contribution in [0, 0.1) is 10.1 Å². The number of amides is 1. The molecule has 2 rings (SSSR count). The zero-order valence-electron chi connectivity index (χ0n) is 11.8. The number of aromatic nitrogens is 1. The summed E-state index contributed by atoms with van der Waals surface area (Å²) in [6, 6.07) is 7.32. The molecule has 116 valence electrons. The molecule has 0 fully saturated rings. The predicted octanol–water partition coefficient (Wildman–Crippen LogP) is 3.73. The van der Waals surface area contributed by atoms with E-state index in [1.807, 2.05) is 0 Å². The Morgan fingerprint density at radius 1 is 1.32 bits per heavy atom. The van der Waals surface area contributed by atoms with E-state index in [-0.39, 0.29) is 17.6 Å². The van der Waals surface area contributed by atoms with E-state index in [9.17, 15) is 14.9 Å². The maximum Gasteiger partial charge on any atom is 0.323 e. The first-order valence-electron chi connectivity index (χ1n) is 6.37. The fraction of sp³-hybridized carbons (Fsp3) is 0.214. The minimum absolute atomic E-state index is 0.151. The van der Waals surface area contributed by atoms with E-state index in [4.69, 9.17) is 23.2 Å². The maximum atomic E-state index is 12.2. The summed E-state index contributed by atoms with van der Waals surface area (Å²) in [6.07, 6.45) is 0. The van der Waals surface area contributed by atoms with E-state index >= 15 is 0 Å². The fourth-order valence-electron chi connectivity index (χ4n) is 2.11. The van der Waals surface area contributed by atoms with Crippen LogP contribution in [-0.2, 0) is 7.05 Å². The van der Waals surface area contributed by atoms with Crippen LogP contribution in [0.1, 0.15) is 29.0 Å². The second-order valence-corrected chi connectivity index (χ2v) is 5.60. The van der Waals surface area contributed by atoms with Crippen molar-refractivity contribution < 1.29 is 9.72 Å². The third-order valence-corrected chi connectivity index (χ3v) is 3.85. The van der Waals surface area contributed by atoms with Crippen LogP contribution in [-0.4, -0.2) is 15.4 Å². The Kier molecular flexibility index (Phi) is 4.73. The average molecular weight is 342 g/mol. The molecule has 1 atom stereocenters. The summed E-state index contributed by atoms with van der Waals surface area (Å²) in [5, 5.41) is 14.5. The molecule has 22 heavy (non-hydrogen) atoms. The van der Waals surface area contributed by atoms with Crippen molar-refractivity contribution in [3.63, 3.8) is 0 Å². The second kappa shape index (κ2) is 6.37. The molecule has 1 aromatic heterocycles. The minimum atomic E-state index is -0.545. The smallest absolute Gasteiger partial charge is 0.323 e. The first-order chi connectivity index (χ1) is 10.3. The Bertz CT molecular complexity index is 743. The highest BCUT2D eigenvalue weighted by molar-refractivity contribution is 6.35. The Labute approximate surface area is 136 Å². The number of nitrogens with zero attached hydrogens (tertiary/aromatic N) is 2. The normalized spacial score (nSPS) is 12.0. The molecule has 1 aromatic carbocycles. The molecule has 0 aliphatic rings. The SMILES string of the molecule is CC(NC(=O)c1ccc([N+](=O)[O-])n1C)c1ccc(Cl)cc1Cl. The van der Waals surface area contributed by atoms with E-state index in [2.05, 4.69) is 5.32 Å². The average Bonchev–Trinajstić information content (AvgIpc) is 2.80. The van der Waals surface area contributed by atoms with Crippen molar-refractivity contribution in [3.05, 3.63) is 61.7 Å². The molecule has 2 aromatic rings. The van der Waals surface area contributed by atoms with Gasteiger partial charge in [-0.25, -0.2) is 4.57 Å². The van der Waals surface area contributed by atoms with Gasteiger partial charge in [0, 0.05) is 16.1 Å². The van der Waals surface area contributed by atoms with E-state index in [0.717, 1.165) is 0 Å². The Morgan fingerprint density at radius 2 is 2.00 bits per heavy atom. The molecule has 0 radical (unpaired) electrons. The highest BCUT2D eigenvalue weighted by Crippen LogP contribution is 2.26. The molecule has 0 saturated heterocycles. The predicted molar refractivity (Wildman–Crippen MR) is 84.4 cm³/mol. The van der Waals surface area contributed by atoms with Gasteiger partial charge in [0.05, 0.1) is 13.1 Å². The molecule has 0 spiro atoms. The topological polar surface area (TPSA) is 77.2 Å². The van der Waals surface area contributed by atoms with Crippen LogP contribution in [0.4, 0.5) is 5.82 Å². The summed E-state index contributed by atoms with van der Waals surface area (Å²) in [5.74, 6) is -0.573. The van der Waals surface area contributed by atoms with Crippen LogP contribution in [0.5, 0.6) is 0 Å². The van der Waals surface area contributed by atoms with Crippen molar-refractivity contribution in [1.29, 1.82) is 0 Å². The zero-order valence-corrected chi connectivity index (χ0v) is 13.4. The van der Waals surface area contributed by atoms with Crippen LogP contribution >= 0.6 is 23.2 Å². The lowest BCUT2D eigenvalue weighted by atomic mass is 10.1. The monoisotopic (exact) mass is 341 g/mol. The first kappa shape index (κ1) is 16.3. The van der Waals surface area contributed by atoms with Crippen LogP contribution in [0.2, 0.25) is 10.0 Å². The van der Waals surface area contributed by atoms with Gasteiger partial charge < -0.3 is 15.4 Å². The van der Waals surface area contributed by atoms with Gasteiger partial charge in [-0.05, 0) is 35.6 Å². The highest BCUT2D eigenvalue weighted by atomic mass is 35.5. The van der Waals surface area contributed by atoms with Crippen molar-refractivity contribution >= 4 is 34.9 Å². The number of carbonyl (C=O) groups excluding carboxylic acids is 1. The van der Waals surface area contributed by atoms with Crippen LogP contribution < -0.4 is 5.32 Å². The molecule has 1 N–H and O–H groups in total. The molecule has 6 nitrogen and oxygen atoms in total. The number of nitrogens with one attached hydrogen (secondary N) is 1. The Morgan fingerprint density at radius 3 is 2.55 bits per heavy atom. The number of hydrogen-bond donors (Lipinski definition) is 1. The van der Waals surface area contributed by atoms with Crippen LogP contribution in [0.15, 0.2) is 30.3 Å². The van der Waals surface area contributed by atoms with Crippen LogP contribution in [0.25, 0.3) is 0 Å². The Balaban J connectivity index is 2.19. The lowest BCUT2D eigenvalue weighted by Gasteiger charge is -2.15. The summed E-state index contributed by atoms with van der Waals surface area (Å²) in [5.41, 5.74) is 0.909. The van der Waals surface area contributed by atoms with Crippen molar-refractivity contribution in [1.82, 2.24) is 9.88 Å². The minimum Gasteiger partial charge on any atom is -0.358 e. The number of rotatable bonds is 4. The summed E-state index contributed by atoms with van der Waals surface area (Å²) >= 11 is 11.9. The van der Waals surface area contributed by atoms with Crippen molar-refractivity contribution in [3.8, 4) is 0 Å². The standard InChI is InChI=1S/C14H13Cl2N3O3/c1-8(10-4-3-9(15)7-11(10)16)17-14(20)12-5-6-13(18(12)2)19(21)22/h3-8H,1-2H3,(H,17,20). The zero-order chi connectivity index (χ0) is 16.4. The number of nitro groups is 1. The fourth-order valence-corrected chi connectivity index (χ4v) is 2.68. The van der Waals surface area contributed by atoms with Gasteiger partial charge in [-0.15, -0.1) is 0 Å². The van der Waals surface area contributed by atoms with Gasteiger partial charge in [0.2, 0.25) is 0 Å². The van der Waals surface area contributed by atoms with Gasteiger partial charge in [-0.3, -0.25) is 4.79 Å². The van der Waals surface area contributed by atoms with E-state index < -0.39 is 10.8 Å². The lowest BCUT2D eigenvalue weighted by Crippen LogP contribution is -2.28. The largest absolute Gasteiger partial charge is 0.358 e. The number of carbonyl (C=O) groups is 1. The molecule has 1 heterocycles. The molecule has 0 bridgehead atoms. The number of hydrogen-bond acceptors (Lipinski definition) is 3. The summed E-state index contributed by atoms with van der Waals surface area (Å²) in [7, 11) is 1.47. The molecular formula is C14H13Cl2N3O3. The summed E-state index contributed by atoms with van der Waals surface area (Å²) < 4.78 is 1.23. The van der Waals surface area contributed by atoms with Crippen LogP contribution in [0.3, 0.4) is 0 Å². The molecule has 8 heteroatoms. The summed E-state index contributed by atoms with van der Waals surface area (Å²) in [4.78, 5) is 22.5. The second-order valence-electron chi connectivity index (χ2n) is 4.75. The quantitative estimate of drug-likeness (QED) is 0.679. The van der Waals surface area contributed by atoms with Crippen molar-refractivity contribution in [2.75, 3.05) is 0 Å². The van der Waals surface area contributed by atoms with E-state index in [1.165, 1.54) is 23.7 Å². The van der Waals surface area contributed by atoms with Gasteiger partial charge >= 0.3 is 5.82 Å². The van der Waals surface area contributed by atoms with Gasteiger partial charge in [0.25, 0.3) is 5.91 Å². The molecule has 0 aliphatic heterocycles. The van der Waals surface area contributed by atoms with Gasteiger partial charge in [-0.2, -0.15) is 0 Å². The maximum absolute atomic E-state index is 12.2. The lowest BCUT2D eigenvalue weighted by molar-refractivity contribution is -0.391. The third kappa shape index (κ3) is 3.23. The molecule has 1 amide bonds. The Hall–Kier alpha value is -2.05. The molecule has 0 aliphatic carbocycles.